The number of hydrogen-bond donors (Lipinski definition) is 1. The third-order valence-electron chi connectivity index (χ3n) is 3.44. The first-order valence-electron chi connectivity index (χ1n) is 7.57. The van der Waals surface area contributed by atoms with Crippen LogP contribution in [0.3, 0.4) is 0 Å². The summed E-state index contributed by atoms with van der Waals surface area (Å²) < 4.78 is 32.1. The Morgan fingerprint density at radius 3 is 2.58 bits per heavy atom. The summed E-state index contributed by atoms with van der Waals surface area (Å²) in [4.78, 5) is 7.20. The molecule has 1 aromatic heterocycles. The molecule has 0 fully saturated rings. The second kappa shape index (κ2) is 7.08. The zero-order chi connectivity index (χ0) is 16.9. The summed E-state index contributed by atoms with van der Waals surface area (Å²) in [5.41, 5.74) is 1.77. The molecule has 1 heterocycles. The largest absolute Gasteiger partial charge is 0.494 e. The van der Waals surface area contributed by atoms with Crippen molar-refractivity contribution >= 4 is 12.2 Å². The molecule has 122 valence electrons. The summed E-state index contributed by atoms with van der Waals surface area (Å²) in [5, 5.41) is 0. The topological polar surface area (TPSA) is 37.9 Å². The minimum atomic E-state index is -0.624. The van der Waals surface area contributed by atoms with E-state index < -0.39 is 11.6 Å². The molecule has 24 heavy (non-hydrogen) atoms. The van der Waals surface area contributed by atoms with Crippen LogP contribution >= 0.6 is 0 Å². The van der Waals surface area contributed by atoms with Crippen molar-refractivity contribution in [2.24, 2.45) is 0 Å². The number of ether oxygens (including phenoxy) is 1. The van der Waals surface area contributed by atoms with Crippen molar-refractivity contribution in [2.45, 2.75) is 6.92 Å². The lowest BCUT2D eigenvalue weighted by molar-refractivity contribution is 0.340. The van der Waals surface area contributed by atoms with Gasteiger partial charge < -0.3 is 9.72 Å². The molecule has 0 radical (unpaired) electrons. The number of hydrogen-bond acceptors (Lipinski definition) is 2. The van der Waals surface area contributed by atoms with E-state index in [4.69, 9.17) is 4.74 Å². The first kappa shape index (κ1) is 15.9. The molecule has 0 saturated heterocycles. The Balaban J connectivity index is 1.75. The first-order valence-corrected chi connectivity index (χ1v) is 7.57. The molecule has 2 aromatic carbocycles. The van der Waals surface area contributed by atoms with E-state index in [-0.39, 0.29) is 5.56 Å². The standard InChI is InChI=1S/C19H16F2N2O/c1-2-24-15-7-3-13(4-8-15)5-10-19-22-12-18(23-19)16-9-6-14(20)11-17(16)21/h3-12H,2H2,1H3,(H,22,23)/b10-5+. The molecule has 3 rings (SSSR count). The maximum absolute atomic E-state index is 13.8. The monoisotopic (exact) mass is 326 g/mol. The molecule has 0 saturated carbocycles. The fourth-order valence-corrected chi connectivity index (χ4v) is 2.28. The van der Waals surface area contributed by atoms with Crippen LogP contribution in [0.25, 0.3) is 23.4 Å². The average molecular weight is 326 g/mol. The van der Waals surface area contributed by atoms with E-state index in [2.05, 4.69) is 9.97 Å². The third kappa shape index (κ3) is 3.68. The molecule has 0 aliphatic heterocycles. The van der Waals surface area contributed by atoms with E-state index in [9.17, 15) is 8.78 Å². The second-order valence-corrected chi connectivity index (χ2v) is 5.14. The number of H-pyrrole nitrogens is 1. The van der Waals surface area contributed by atoms with Crippen molar-refractivity contribution in [3.63, 3.8) is 0 Å². The van der Waals surface area contributed by atoms with Crippen molar-refractivity contribution < 1.29 is 13.5 Å². The molecule has 0 aliphatic rings. The van der Waals surface area contributed by atoms with Gasteiger partial charge in [0.25, 0.3) is 0 Å². The van der Waals surface area contributed by atoms with Gasteiger partial charge in [-0.3, -0.25) is 0 Å². The molecule has 0 amide bonds. The van der Waals surface area contributed by atoms with Crippen LogP contribution in [-0.4, -0.2) is 16.6 Å². The van der Waals surface area contributed by atoms with Crippen LogP contribution in [0.15, 0.2) is 48.7 Å². The number of rotatable bonds is 5. The molecular weight excluding hydrogens is 310 g/mol. The van der Waals surface area contributed by atoms with E-state index >= 15 is 0 Å². The van der Waals surface area contributed by atoms with Crippen molar-refractivity contribution in [3.8, 4) is 17.0 Å². The molecule has 0 atom stereocenters. The number of aromatic amines is 1. The van der Waals surface area contributed by atoms with Crippen LogP contribution in [0.1, 0.15) is 18.3 Å². The maximum atomic E-state index is 13.8. The number of nitrogens with zero attached hydrogens (tertiary/aromatic N) is 1. The van der Waals surface area contributed by atoms with Gasteiger partial charge in [0.05, 0.1) is 18.5 Å². The van der Waals surface area contributed by atoms with Gasteiger partial charge in [0.1, 0.15) is 23.2 Å². The van der Waals surface area contributed by atoms with Crippen LogP contribution in [0.5, 0.6) is 5.75 Å². The van der Waals surface area contributed by atoms with Gasteiger partial charge >= 0.3 is 0 Å². The van der Waals surface area contributed by atoms with Crippen molar-refractivity contribution in [3.05, 3.63) is 71.7 Å². The van der Waals surface area contributed by atoms with Crippen molar-refractivity contribution in [2.75, 3.05) is 6.61 Å². The Kier molecular flexibility index (Phi) is 4.70. The highest BCUT2D eigenvalue weighted by molar-refractivity contribution is 5.69. The Bertz CT molecular complexity index is 854. The predicted octanol–water partition coefficient (Wildman–Crippen LogP) is 4.92. The van der Waals surface area contributed by atoms with Crippen LogP contribution in [-0.2, 0) is 0 Å². The Hall–Kier alpha value is -2.95. The summed E-state index contributed by atoms with van der Waals surface area (Å²) in [6.07, 6.45) is 5.20. The summed E-state index contributed by atoms with van der Waals surface area (Å²) in [5.74, 6) is 0.177. The zero-order valence-electron chi connectivity index (χ0n) is 13.1. The number of aromatic nitrogens is 2. The van der Waals surface area contributed by atoms with Crippen molar-refractivity contribution in [1.29, 1.82) is 0 Å². The van der Waals surface area contributed by atoms with Gasteiger partial charge in [-0.2, -0.15) is 0 Å². The summed E-state index contributed by atoms with van der Waals surface area (Å²) in [6.45, 7) is 2.57. The fraction of sp³-hybridized carbons (Fsp3) is 0.105. The highest BCUT2D eigenvalue weighted by Crippen LogP contribution is 2.22. The first-order chi connectivity index (χ1) is 11.7. The summed E-state index contributed by atoms with van der Waals surface area (Å²) in [6, 6.07) is 11.1. The van der Waals surface area contributed by atoms with Gasteiger partial charge in [0.2, 0.25) is 0 Å². The molecule has 0 bridgehead atoms. The Morgan fingerprint density at radius 1 is 1.08 bits per heavy atom. The predicted molar refractivity (Wildman–Crippen MR) is 90.5 cm³/mol. The Morgan fingerprint density at radius 2 is 1.88 bits per heavy atom. The maximum Gasteiger partial charge on any atom is 0.135 e. The number of benzene rings is 2. The van der Waals surface area contributed by atoms with E-state index in [1.54, 1.807) is 6.08 Å². The summed E-state index contributed by atoms with van der Waals surface area (Å²) in [7, 11) is 0. The lowest BCUT2D eigenvalue weighted by atomic mass is 10.1. The molecular formula is C19H16F2N2O. The Labute approximate surface area is 138 Å². The molecule has 0 spiro atoms. The normalized spacial score (nSPS) is 11.1. The number of imidazole rings is 1. The third-order valence-corrected chi connectivity index (χ3v) is 3.44. The molecule has 1 N–H and O–H groups in total. The van der Waals surface area contributed by atoms with E-state index in [1.165, 1.54) is 18.3 Å². The van der Waals surface area contributed by atoms with Crippen molar-refractivity contribution in [1.82, 2.24) is 9.97 Å². The van der Waals surface area contributed by atoms with E-state index in [0.29, 0.717) is 18.1 Å². The summed E-state index contributed by atoms with van der Waals surface area (Å²) >= 11 is 0. The van der Waals surface area contributed by atoms with Gasteiger partial charge in [-0.15, -0.1) is 0 Å². The van der Waals surface area contributed by atoms with Gasteiger partial charge in [0.15, 0.2) is 0 Å². The lowest BCUT2D eigenvalue weighted by Crippen LogP contribution is -1.90. The molecule has 0 aliphatic carbocycles. The highest BCUT2D eigenvalue weighted by Gasteiger charge is 2.08. The zero-order valence-corrected chi connectivity index (χ0v) is 13.1. The fourth-order valence-electron chi connectivity index (χ4n) is 2.28. The van der Waals surface area contributed by atoms with Crippen LogP contribution in [0.2, 0.25) is 0 Å². The minimum absolute atomic E-state index is 0.282. The lowest BCUT2D eigenvalue weighted by Gasteiger charge is -2.02. The molecule has 3 aromatic rings. The molecule has 5 heteroatoms. The van der Waals surface area contributed by atoms with Crippen LogP contribution in [0.4, 0.5) is 8.78 Å². The average Bonchev–Trinajstić information content (AvgIpc) is 3.03. The SMILES string of the molecule is CCOc1ccc(/C=C/c2ncc(-c3ccc(F)cc3F)[nH]2)cc1. The van der Waals surface area contributed by atoms with E-state index in [0.717, 1.165) is 17.4 Å². The van der Waals surface area contributed by atoms with Gasteiger partial charge in [0, 0.05) is 11.6 Å². The van der Waals surface area contributed by atoms with Crippen LogP contribution in [0, 0.1) is 11.6 Å². The second-order valence-electron chi connectivity index (χ2n) is 5.14. The van der Waals surface area contributed by atoms with Gasteiger partial charge in [-0.1, -0.05) is 18.2 Å². The number of halogens is 2. The minimum Gasteiger partial charge on any atom is -0.494 e. The smallest absolute Gasteiger partial charge is 0.135 e. The highest BCUT2D eigenvalue weighted by atomic mass is 19.1. The quantitative estimate of drug-likeness (QED) is 0.722. The molecule has 0 unspecified atom stereocenters. The van der Waals surface area contributed by atoms with Gasteiger partial charge in [-0.25, -0.2) is 13.8 Å². The van der Waals surface area contributed by atoms with Crippen LogP contribution < -0.4 is 4.74 Å². The van der Waals surface area contributed by atoms with E-state index in [1.807, 2.05) is 37.3 Å². The number of nitrogens with one attached hydrogen (secondary N) is 1. The van der Waals surface area contributed by atoms with Gasteiger partial charge in [-0.05, 0) is 42.8 Å². The molecule has 3 nitrogen and oxygen atoms in total.